The highest BCUT2D eigenvalue weighted by atomic mass is 15.2. The molecule has 2 fully saturated rings. The van der Waals surface area contributed by atoms with E-state index in [0.717, 1.165) is 38.5 Å². The number of nitrogens with zero attached hydrogens (tertiary/aromatic N) is 4. The van der Waals surface area contributed by atoms with Gasteiger partial charge in [0.15, 0.2) is 11.1 Å². The fourth-order valence-corrected chi connectivity index (χ4v) is 3.51. The van der Waals surface area contributed by atoms with Crippen LogP contribution in [0.15, 0.2) is 10.2 Å². The predicted molar refractivity (Wildman–Crippen MR) is 76.8 cm³/mol. The monoisotopic (exact) mass is 272 g/mol. The summed E-state index contributed by atoms with van der Waals surface area (Å²) in [6, 6.07) is 4.79. The Kier molecular flexibility index (Phi) is 4.43. The van der Waals surface area contributed by atoms with Crippen LogP contribution in [-0.2, 0) is 0 Å². The molecule has 2 aliphatic rings. The minimum Gasteiger partial charge on any atom is -0.196 e. The molecule has 4 atom stereocenters. The highest BCUT2D eigenvalue weighted by Crippen LogP contribution is 2.41. The Labute approximate surface area is 121 Å². The summed E-state index contributed by atoms with van der Waals surface area (Å²) in [5.74, 6) is 0.472. The van der Waals surface area contributed by atoms with Gasteiger partial charge in [-0.3, -0.25) is 0 Å². The summed E-state index contributed by atoms with van der Waals surface area (Å²) in [6.45, 7) is 4.18. The van der Waals surface area contributed by atoms with Crippen molar-refractivity contribution in [3.05, 3.63) is 0 Å². The number of rotatable bonds is 2. The Balaban J connectivity index is 2.25. The standard InChI is InChI=1S/C16H24N4/c1-13-7-3-5-9-15(13,11-17)19-20-16(12-18)10-6-4-8-14(16)2/h13-14H,3-10H2,1-2H3. The lowest BCUT2D eigenvalue weighted by atomic mass is 9.74. The summed E-state index contributed by atoms with van der Waals surface area (Å²) in [4.78, 5) is 0. The van der Waals surface area contributed by atoms with Crippen molar-refractivity contribution in [3.63, 3.8) is 0 Å². The smallest absolute Gasteiger partial charge is 0.170 e. The molecule has 0 bridgehead atoms. The van der Waals surface area contributed by atoms with E-state index in [-0.39, 0.29) is 11.8 Å². The normalized spacial score (nSPS) is 42.0. The molecule has 0 aliphatic heterocycles. The zero-order chi connectivity index (χ0) is 14.6. The lowest BCUT2D eigenvalue weighted by molar-refractivity contribution is 0.219. The summed E-state index contributed by atoms with van der Waals surface area (Å²) in [5, 5.41) is 28.1. The molecule has 108 valence electrons. The van der Waals surface area contributed by atoms with Crippen LogP contribution in [0.5, 0.6) is 0 Å². The first kappa shape index (κ1) is 15.0. The van der Waals surface area contributed by atoms with E-state index in [0.29, 0.717) is 0 Å². The highest BCUT2D eigenvalue weighted by Gasteiger charge is 2.43. The van der Waals surface area contributed by atoms with Crippen LogP contribution >= 0.6 is 0 Å². The van der Waals surface area contributed by atoms with Gasteiger partial charge in [0.05, 0.1) is 12.1 Å². The summed E-state index contributed by atoms with van der Waals surface area (Å²) in [6.07, 6.45) is 8.02. The Hall–Kier alpha value is -1.42. The second-order valence-corrected chi connectivity index (χ2v) is 6.57. The first-order valence-electron chi connectivity index (χ1n) is 7.85. The van der Waals surface area contributed by atoms with Gasteiger partial charge in [-0.15, -0.1) is 0 Å². The van der Waals surface area contributed by atoms with E-state index in [1.807, 2.05) is 0 Å². The van der Waals surface area contributed by atoms with Gasteiger partial charge in [-0.25, -0.2) is 0 Å². The van der Waals surface area contributed by atoms with Gasteiger partial charge in [-0.1, -0.05) is 26.7 Å². The zero-order valence-corrected chi connectivity index (χ0v) is 12.6. The van der Waals surface area contributed by atoms with E-state index in [2.05, 4.69) is 36.2 Å². The SMILES string of the molecule is CC1CCCCC1(C#N)N=NC1(C#N)CCCCC1C. The minimum absolute atomic E-state index is 0.236. The average molecular weight is 272 g/mol. The lowest BCUT2D eigenvalue weighted by Gasteiger charge is -2.36. The molecule has 20 heavy (non-hydrogen) atoms. The minimum atomic E-state index is -0.695. The molecule has 0 spiro atoms. The molecule has 2 saturated carbocycles. The van der Waals surface area contributed by atoms with E-state index in [4.69, 9.17) is 0 Å². The van der Waals surface area contributed by atoms with Crippen LogP contribution in [0, 0.1) is 34.5 Å². The maximum atomic E-state index is 9.58. The zero-order valence-electron chi connectivity index (χ0n) is 12.6. The van der Waals surface area contributed by atoms with Crippen LogP contribution in [0.25, 0.3) is 0 Å². The molecule has 0 heterocycles. The molecule has 0 saturated heterocycles. The van der Waals surface area contributed by atoms with E-state index >= 15 is 0 Å². The molecule has 2 rings (SSSR count). The van der Waals surface area contributed by atoms with Crippen molar-refractivity contribution in [1.82, 2.24) is 0 Å². The molecule has 0 aromatic carbocycles. The van der Waals surface area contributed by atoms with Crippen molar-refractivity contribution in [2.45, 2.75) is 76.3 Å². The van der Waals surface area contributed by atoms with Gasteiger partial charge >= 0.3 is 0 Å². The molecular weight excluding hydrogens is 248 g/mol. The molecule has 4 unspecified atom stereocenters. The number of nitriles is 2. The van der Waals surface area contributed by atoms with Gasteiger partial charge < -0.3 is 0 Å². The first-order valence-corrected chi connectivity index (χ1v) is 7.85. The number of hydrogen-bond acceptors (Lipinski definition) is 4. The maximum Gasteiger partial charge on any atom is 0.170 e. The molecule has 0 radical (unpaired) electrons. The van der Waals surface area contributed by atoms with Crippen molar-refractivity contribution >= 4 is 0 Å². The van der Waals surface area contributed by atoms with Gasteiger partial charge in [0.25, 0.3) is 0 Å². The third kappa shape index (κ3) is 2.57. The van der Waals surface area contributed by atoms with E-state index in [1.165, 1.54) is 12.8 Å². The van der Waals surface area contributed by atoms with Gasteiger partial charge in [0.1, 0.15) is 0 Å². The quantitative estimate of drug-likeness (QED) is 0.699. The molecule has 4 heteroatoms. The van der Waals surface area contributed by atoms with E-state index in [1.54, 1.807) is 0 Å². The highest BCUT2D eigenvalue weighted by molar-refractivity contribution is 5.15. The molecule has 0 aromatic rings. The van der Waals surface area contributed by atoms with Crippen LogP contribution in [0.4, 0.5) is 0 Å². The van der Waals surface area contributed by atoms with Crippen LogP contribution in [0.2, 0.25) is 0 Å². The maximum absolute atomic E-state index is 9.58. The van der Waals surface area contributed by atoms with Gasteiger partial charge in [-0.05, 0) is 50.4 Å². The lowest BCUT2D eigenvalue weighted by Crippen LogP contribution is -2.39. The molecule has 0 amide bonds. The third-order valence-corrected chi connectivity index (χ3v) is 5.31. The van der Waals surface area contributed by atoms with Crippen LogP contribution in [0.1, 0.15) is 65.2 Å². The molecular formula is C16H24N4. The van der Waals surface area contributed by atoms with Crippen molar-refractivity contribution in [3.8, 4) is 12.1 Å². The Morgan fingerprint density at radius 1 is 0.800 bits per heavy atom. The fraction of sp³-hybridized carbons (Fsp3) is 0.875. The predicted octanol–water partition coefficient (Wildman–Crippen LogP) is 4.38. The van der Waals surface area contributed by atoms with Crippen LogP contribution < -0.4 is 0 Å². The van der Waals surface area contributed by atoms with Crippen molar-refractivity contribution in [1.29, 1.82) is 10.5 Å². The molecule has 4 nitrogen and oxygen atoms in total. The second kappa shape index (κ2) is 5.92. The first-order chi connectivity index (χ1) is 9.58. The van der Waals surface area contributed by atoms with Crippen molar-refractivity contribution in [2.24, 2.45) is 22.1 Å². The molecule has 0 N–H and O–H groups in total. The Morgan fingerprint density at radius 3 is 1.50 bits per heavy atom. The number of hydrogen-bond donors (Lipinski definition) is 0. The second-order valence-electron chi connectivity index (χ2n) is 6.57. The summed E-state index contributed by atoms with van der Waals surface area (Å²) >= 11 is 0. The van der Waals surface area contributed by atoms with Gasteiger partial charge in [-0.2, -0.15) is 20.8 Å². The van der Waals surface area contributed by atoms with E-state index in [9.17, 15) is 10.5 Å². The van der Waals surface area contributed by atoms with Crippen molar-refractivity contribution in [2.75, 3.05) is 0 Å². The molecule has 2 aliphatic carbocycles. The number of azo groups is 1. The average Bonchev–Trinajstić information content (AvgIpc) is 2.48. The largest absolute Gasteiger partial charge is 0.196 e. The topological polar surface area (TPSA) is 72.3 Å². The van der Waals surface area contributed by atoms with Crippen LogP contribution in [-0.4, -0.2) is 11.1 Å². The third-order valence-electron chi connectivity index (χ3n) is 5.31. The van der Waals surface area contributed by atoms with Gasteiger partial charge in [0.2, 0.25) is 0 Å². The summed E-state index contributed by atoms with van der Waals surface area (Å²) < 4.78 is 0. The fourth-order valence-electron chi connectivity index (χ4n) is 3.51. The Bertz CT molecular complexity index is 416. The summed E-state index contributed by atoms with van der Waals surface area (Å²) in [5.41, 5.74) is -1.39. The van der Waals surface area contributed by atoms with Crippen molar-refractivity contribution < 1.29 is 0 Å². The summed E-state index contributed by atoms with van der Waals surface area (Å²) in [7, 11) is 0. The van der Waals surface area contributed by atoms with Gasteiger partial charge in [0, 0.05) is 0 Å². The molecule has 0 aromatic heterocycles. The van der Waals surface area contributed by atoms with Crippen LogP contribution in [0.3, 0.4) is 0 Å². The Morgan fingerprint density at radius 2 is 1.20 bits per heavy atom. The van der Waals surface area contributed by atoms with E-state index < -0.39 is 11.1 Å².